The van der Waals surface area contributed by atoms with E-state index in [-0.39, 0.29) is 11.5 Å². The van der Waals surface area contributed by atoms with Gasteiger partial charge in [0, 0.05) is 0 Å². The summed E-state index contributed by atoms with van der Waals surface area (Å²) < 4.78 is 5.11. The van der Waals surface area contributed by atoms with Crippen LogP contribution in [-0.4, -0.2) is 18.3 Å². The highest BCUT2D eigenvalue weighted by Crippen LogP contribution is 2.29. The summed E-state index contributed by atoms with van der Waals surface area (Å²) in [6, 6.07) is 8.03. The third-order valence-corrected chi connectivity index (χ3v) is 2.68. The highest BCUT2D eigenvalue weighted by molar-refractivity contribution is 5.31. The zero-order valence-corrected chi connectivity index (χ0v) is 9.95. The molecule has 84 valence electrons. The van der Waals surface area contributed by atoms with Crippen LogP contribution in [0.3, 0.4) is 0 Å². The fourth-order valence-electron chi connectivity index (χ4n) is 1.90. The Labute approximate surface area is 91.9 Å². The molecule has 0 fully saturated rings. The van der Waals surface area contributed by atoms with Gasteiger partial charge in [-0.25, -0.2) is 0 Å². The van der Waals surface area contributed by atoms with Crippen LogP contribution in [0.1, 0.15) is 32.8 Å². The van der Waals surface area contributed by atoms with Crippen molar-refractivity contribution in [1.82, 2.24) is 0 Å². The van der Waals surface area contributed by atoms with Gasteiger partial charge in [-0.05, 0) is 36.5 Å². The second-order valence-corrected chi connectivity index (χ2v) is 4.67. The predicted molar refractivity (Wildman–Crippen MR) is 62.3 cm³/mol. The summed E-state index contributed by atoms with van der Waals surface area (Å²) in [6.45, 7) is 6.11. The Balaban J connectivity index is 2.85. The fraction of sp³-hybridized carbons (Fsp3) is 0.538. The number of rotatable bonds is 4. The van der Waals surface area contributed by atoms with Gasteiger partial charge < -0.3 is 9.84 Å². The third-order valence-electron chi connectivity index (χ3n) is 2.68. The Morgan fingerprint density at radius 1 is 1.27 bits per heavy atom. The zero-order chi connectivity index (χ0) is 11.5. The average molecular weight is 208 g/mol. The average Bonchev–Trinajstić information content (AvgIpc) is 2.16. The van der Waals surface area contributed by atoms with Crippen molar-refractivity contribution >= 4 is 0 Å². The molecule has 0 saturated heterocycles. The van der Waals surface area contributed by atoms with Crippen molar-refractivity contribution in [2.75, 3.05) is 7.11 Å². The number of aliphatic hydroxyl groups is 1. The Morgan fingerprint density at radius 3 is 2.20 bits per heavy atom. The number of hydrogen-bond donors (Lipinski definition) is 1. The van der Waals surface area contributed by atoms with Gasteiger partial charge in [-0.3, -0.25) is 0 Å². The third kappa shape index (κ3) is 3.24. The number of ether oxygens (including phenoxy) is 1. The molecule has 0 radical (unpaired) electrons. The van der Waals surface area contributed by atoms with E-state index in [9.17, 15) is 5.11 Å². The van der Waals surface area contributed by atoms with E-state index in [0.29, 0.717) is 0 Å². The van der Waals surface area contributed by atoms with E-state index in [1.54, 1.807) is 7.11 Å². The predicted octanol–water partition coefficient (Wildman–Crippen LogP) is 2.74. The van der Waals surface area contributed by atoms with Crippen molar-refractivity contribution in [1.29, 1.82) is 0 Å². The van der Waals surface area contributed by atoms with E-state index in [0.717, 1.165) is 12.2 Å². The monoisotopic (exact) mass is 208 g/mol. The summed E-state index contributed by atoms with van der Waals surface area (Å²) in [6.07, 6.45) is 0.487. The number of benzene rings is 1. The van der Waals surface area contributed by atoms with Crippen molar-refractivity contribution in [2.45, 2.75) is 38.7 Å². The van der Waals surface area contributed by atoms with Gasteiger partial charge in [0.2, 0.25) is 0 Å². The van der Waals surface area contributed by atoms with Crippen LogP contribution in [0.4, 0.5) is 0 Å². The normalized spacial score (nSPS) is 13.7. The molecule has 1 atom stereocenters. The molecule has 0 amide bonds. The fourth-order valence-corrected chi connectivity index (χ4v) is 1.90. The first kappa shape index (κ1) is 12.1. The molecule has 15 heavy (non-hydrogen) atoms. The van der Waals surface area contributed by atoms with Crippen molar-refractivity contribution in [3.63, 3.8) is 0 Å². The van der Waals surface area contributed by atoms with Gasteiger partial charge in [0.15, 0.2) is 0 Å². The smallest absolute Gasteiger partial charge is 0.118 e. The molecule has 1 unspecified atom stereocenters. The van der Waals surface area contributed by atoms with Crippen molar-refractivity contribution in [3.8, 4) is 5.75 Å². The van der Waals surface area contributed by atoms with E-state index in [2.05, 4.69) is 26.0 Å². The summed E-state index contributed by atoms with van der Waals surface area (Å²) in [5.74, 6) is 0.867. The summed E-state index contributed by atoms with van der Waals surface area (Å²) in [7, 11) is 1.66. The molecule has 1 aromatic carbocycles. The maximum absolute atomic E-state index is 9.43. The maximum Gasteiger partial charge on any atom is 0.118 e. The van der Waals surface area contributed by atoms with Crippen LogP contribution in [0.5, 0.6) is 5.75 Å². The molecule has 2 nitrogen and oxygen atoms in total. The second kappa shape index (κ2) is 4.67. The van der Waals surface area contributed by atoms with Gasteiger partial charge in [-0.2, -0.15) is 0 Å². The van der Waals surface area contributed by atoms with Crippen molar-refractivity contribution in [3.05, 3.63) is 29.8 Å². The Morgan fingerprint density at radius 2 is 1.80 bits per heavy atom. The minimum atomic E-state index is -0.276. The zero-order valence-electron chi connectivity index (χ0n) is 9.95. The molecule has 0 aliphatic carbocycles. The standard InChI is InChI=1S/C13H20O2/c1-10(14)9-13(2,3)11-5-7-12(15-4)8-6-11/h5-8,10,14H,9H2,1-4H3. The molecule has 0 aliphatic heterocycles. The largest absolute Gasteiger partial charge is 0.497 e. The summed E-state index contributed by atoms with van der Waals surface area (Å²) in [5, 5.41) is 9.43. The number of hydrogen-bond acceptors (Lipinski definition) is 2. The summed E-state index contributed by atoms with van der Waals surface area (Å²) in [5.41, 5.74) is 1.23. The van der Waals surface area contributed by atoms with E-state index in [1.807, 2.05) is 19.1 Å². The topological polar surface area (TPSA) is 29.5 Å². The highest BCUT2D eigenvalue weighted by atomic mass is 16.5. The van der Waals surface area contributed by atoms with Gasteiger partial charge >= 0.3 is 0 Å². The first-order chi connectivity index (χ1) is 6.95. The van der Waals surface area contributed by atoms with Gasteiger partial charge in [0.1, 0.15) is 5.75 Å². The lowest BCUT2D eigenvalue weighted by atomic mass is 9.80. The number of methoxy groups -OCH3 is 1. The van der Waals surface area contributed by atoms with Crippen molar-refractivity contribution < 1.29 is 9.84 Å². The van der Waals surface area contributed by atoms with Gasteiger partial charge in [-0.1, -0.05) is 26.0 Å². The number of aliphatic hydroxyl groups excluding tert-OH is 1. The molecular formula is C13H20O2. The molecule has 0 aromatic heterocycles. The first-order valence-electron chi connectivity index (χ1n) is 5.28. The molecule has 1 aromatic rings. The molecule has 0 saturated carbocycles. The molecule has 2 heteroatoms. The van der Waals surface area contributed by atoms with Crippen LogP contribution >= 0.6 is 0 Å². The van der Waals surface area contributed by atoms with Crippen LogP contribution in [0.25, 0.3) is 0 Å². The molecular weight excluding hydrogens is 188 g/mol. The minimum absolute atomic E-state index is 0.000435. The molecule has 0 spiro atoms. The lowest BCUT2D eigenvalue weighted by Crippen LogP contribution is -2.22. The highest BCUT2D eigenvalue weighted by Gasteiger charge is 2.22. The first-order valence-corrected chi connectivity index (χ1v) is 5.28. The van der Waals surface area contributed by atoms with Gasteiger partial charge in [0.05, 0.1) is 13.2 Å². The van der Waals surface area contributed by atoms with E-state index < -0.39 is 0 Å². The lowest BCUT2D eigenvalue weighted by Gasteiger charge is -2.26. The lowest BCUT2D eigenvalue weighted by molar-refractivity contribution is 0.157. The molecule has 0 bridgehead atoms. The minimum Gasteiger partial charge on any atom is -0.497 e. The quantitative estimate of drug-likeness (QED) is 0.824. The van der Waals surface area contributed by atoms with Crippen LogP contribution in [0, 0.1) is 0 Å². The van der Waals surface area contributed by atoms with Crippen molar-refractivity contribution in [2.24, 2.45) is 0 Å². The SMILES string of the molecule is COc1ccc(C(C)(C)CC(C)O)cc1. The van der Waals surface area contributed by atoms with Crippen LogP contribution in [0.15, 0.2) is 24.3 Å². The van der Waals surface area contributed by atoms with Crippen LogP contribution in [0.2, 0.25) is 0 Å². The molecule has 0 heterocycles. The van der Waals surface area contributed by atoms with Gasteiger partial charge in [-0.15, -0.1) is 0 Å². The molecule has 1 N–H and O–H groups in total. The Bertz CT molecular complexity index is 299. The van der Waals surface area contributed by atoms with E-state index in [4.69, 9.17) is 4.74 Å². The molecule has 0 aliphatic rings. The van der Waals surface area contributed by atoms with Gasteiger partial charge in [0.25, 0.3) is 0 Å². The summed E-state index contributed by atoms with van der Waals surface area (Å²) >= 11 is 0. The summed E-state index contributed by atoms with van der Waals surface area (Å²) in [4.78, 5) is 0. The van der Waals surface area contributed by atoms with E-state index in [1.165, 1.54) is 5.56 Å². The van der Waals surface area contributed by atoms with Crippen LogP contribution < -0.4 is 4.74 Å². The Kier molecular flexibility index (Phi) is 3.75. The Hall–Kier alpha value is -1.02. The second-order valence-electron chi connectivity index (χ2n) is 4.67. The molecule has 1 rings (SSSR count). The van der Waals surface area contributed by atoms with Crippen LogP contribution in [-0.2, 0) is 5.41 Å². The van der Waals surface area contributed by atoms with E-state index >= 15 is 0 Å². The maximum atomic E-state index is 9.43.